The van der Waals surface area contributed by atoms with Crippen molar-refractivity contribution in [2.45, 2.75) is 72.3 Å². The Bertz CT molecular complexity index is 1450. The number of carboxylic acid groups (broad SMARTS) is 1. The standard InChI is InChI=1S/C33H35Cl2NO5/c1-32(2)14-23-30(25(37)16-32)29(31-24(36(23)11-10-28(39)40)15-33(3,4)17-26(31)38)20-8-9-27(22(35)13-20)41-18-19-6-5-7-21(34)12-19/h5-9,12-13,29H,10-11,14-18H2,1-4H3,(H,39,40). The largest absolute Gasteiger partial charge is 0.487 e. The first-order valence-electron chi connectivity index (χ1n) is 13.9. The molecule has 0 bridgehead atoms. The van der Waals surface area contributed by atoms with Gasteiger partial charge in [0, 0.05) is 52.9 Å². The van der Waals surface area contributed by atoms with Crippen LogP contribution in [0.25, 0.3) is 0 Å². The van der Waals surface area contributed by atoms with E-state index in [9.17, 15) is 19.5 Å². The Morgan fingerprint density at radius 2 is 1.54 bits per heavy atom. The van der Waals surface area contributed by atoms with Gasteiger partial charge in [0.2, 0.25) is 0 Å². The second kappa shape index (κ2) is 11.0. The van der Waals surface area contributed by atoms with E-state index < -0.39 is 11.9 Å². The van der Waals surface area contributed by atoms with E-state index in [0.717, 1.165) is 22.5 Å². The van der Waals surface area contributed by atoms with Crippen LogP contribution in [0.5, 0.6) is 5.75 Å². The highest BCUT2D eigenvalue weighted by Gasteiger charge is 2.49. The second-order valence-corrected chi connectivity index (χ2v) is 13.8. The molecule has 1 aliphatic heterocycles. The minimum absolute atomic E-state index is 0.0110. The number of carboxylic acids is 1. The molecule has 216 valence electrons. The highest BCUT2D eigenvalue weighted by molar-refractivity contribution is 6.32. The first-order chi connectivity index (χ1) is 19.2. The molecule has 41 heavy (non-hydrogen) atoms. The highest BCUT2D eigenvalue weighted by Crippen LogP contribution is 2.54. The van der Waals surface area contributed by atoms with Crippen LogP contribution in [0.15, 0.2) is 65.0 Å². The molecule has 0 amide bonds. The highest BCUT2D eigenvalue weighted by atomic mass is 35.5. The molecule has 2 aromatic carbocycles. The predicted octanol–water partition coefficient (Wildman–Crippen LogP) is 7.73. The summed E-state index contributed by atoms with van der Waals surface area (Å²) in [6.07, 6.45) is 1.85. The number of aliphatic carboxylic acids is 1. The molecule has 1 N–H and O–H groups in total. The number of benzene rings is 2. The maximum atomic E-state index is 13.9. The Morgan fingerprint density at radius 1 is 0.927 bits per heavy atom. The summed E-state index contributed by atoms with van der Waals surface area (Å²) in [6.45, 7) is 8.73. The lowest BCUT2D eigenvalue weighted by Crippen LogP contribution is -2.45. The number of hydrogen-bond donors (Lipinski definition) is 1. The third kappa shape index (κ3) is 6.09. The van der Waals surface area contributed by atoms with Gasteiger partial charge < -0.3 is 14.7 Å². The van der Waals surface area contributed by atoms with Gasteiger partial charge in [-0.05, 0) is 59.1 Å². The van der Waals surface area contributed by atoms with Crippen LogP contribution in [0, 0.1) is 10.8 Å². The van der Waals surface area contributed by atoms with E-state index in [2.05, 4.69) is 27.7 Å². The zero-order valence-corrected chi connectivity index (χ0v) is 25.4. The molecule has 6 nitrogen and oxygen atoms in total. The minimum atomic E-state index is -0.917. The maximum absolute atomic E-state index is 13.9. The van der Waals surface area contributed by atoms with Gasteiger partial charge in [-0.3, -0.25) is 14.4 Å². The normalized spacial score (nSPS) is 20.2. The summed E-state index contributed by atoms with van der Waals surface area (Å²) in [5.41, 5.74) is 3.92. The van der Waals surface area contributed by atoms with Crippen LogP contribution in [0.1, 0.15) is 76.8 Å². The lowest BCUT2D eigenvalue weighted by Gasteiger charge is -2.49. The summed E-state index contributed by atoms with van der Waals surface area (Å²) in [5.74, 6) is -1.01. The van der Waals surface area contributed by atoms with Crippen LogP contribution >= 0.6 is 23.2 Å². The average Bonchev–Trinajstić information content (AvgIpc) is 2.85. The van der Waals surface area contributed by atoms with Gasteiger partial charge in [0.05, 0.1) is 11.4 Å². The smallest absolute Gasteiger partial charge is 0.305 e. The van der Waals surface area contributed by atoms with E-state index >= 15 is 0 Å². The van der Waals surface area contributed by atoms with Gasteiger partial charge in [-0.2, -0.15) is 0 Å². The van der Waals surface area contributed by atoms with Crippen LogP contribution in [0.2, 0.25) is 10.0 Å². The van der Waals surface area contributed by atoms with Crippen LogP contribution in [-0.2, 0) is 21.0 Å². The number of hydrogen-bond acceptors (Lipinski definition) is 5. The monoisotopic (exact) mass is 595 g/mol. The van der Waals surface area contributed by atoms with Crippen molar-refractivity contribution in [1.82, 2.24) is 4.90 Å². The Hall–Kier alpha value is -3.09. The fourth-order valence-corrected chi connectivity index (χ4v) is 6.92. The van der Waals surface area contributed by atoms with Crippen LogP contribution < -0.4 is 4.74 Å². The summed E-state index contributed by atoms with van der Waals surface area (Å²) >= 11 is 12.8. The Labute approximate surface area is 251 Å². The lowest BCUT2D eigenvalue weighted by molar-refractivity contribution is -0.137. The number of halogens is 2. The van der Waals surface area contributed by atoms with E-state index in [1.54, 1.807) is 18.2 Å². The number of rotatable bonds is 7. The summed E-state index contributed by atoms with van der Waals surface area (Å²) in [6, 6.07) is 12.9. The van der Waals surface area contributed by atoms with Gasteiger partial charge in [-0.1, -0.05) is 69.1 Å². The molecule has 0 spiro atoms. The summed E-state index contributed by atoms with van der Waals surface area (Å²) in [7, 11) is 0. The topological polar surface area (TPSA) is 83.9 Å². The molecule has 0 fully saturated rings. The molecule has 0 aromatic heterocycles. The van der Waals surface area contributed by atoms with Crippen molar-refractivity contribution in [2.75, 3.05) is 6.54 Å². The molecule has 0 radical (unpaired) electrons. The summed E-state index contributed by atoms with van der Waals surface area (Å²) < 4.78 is 5.99. The van der Waals surface area contributed by atoms with E-state index in [1.807, 2.05) is 29.2 Å². The summed E-state index contributed by atoms with van der Waals surface area (Å²) in [4.78, 5) is 41.3. The minimum Gasteiger partial charge on any atom is -0.487 e. The molecular weight excluding hydrogens is 561 g/mol. The molecule has 2 aliphatic carbocycles. The van der Waals surface area contributed by atoms with E-state index in [-0.39, 0.29) is 42.0 Å². The first kappa shape index (κ1) is 29.4. The summed E-state index contributed by atoms with van der Waals surface area (Å²) in [5, 5.41) is 10.5. The van der Waals surface area contributed by atoms with E-state index in [0.29, 0.717) is 52.6 Å². The van der Waals surface area contributed by atoms with Crippen molar-refractivity contribution in [3.05, 3.63) is 86.2 Å². The van der Waals surface area contributed by atoms with Crippen molar-refractivity contribution in [3.63, 3.8) is 0 Å². The Morgan fingerprint density at radius 3 is 2.07 bits per heavy atom. The molecule has 8 heteroatoms. The predicted molar refractivity (Wildman–Crippen MR) is 159 cm³/mol. The molecule has 0 unspecified atom stereocenters. The third-order valence-corrected chi connectivity index (χ3v) is 8.67. The third-order valence-electron chi connectivity index (χ3n) is 8.14. The number of allylic oxidation sites excluding steroid dienone is 4. The van der Waals surface area contributed by atoms with Crippen molar-refractivity contribution >= 4 is 40.7 Å². The number of ketones is 2. The fraction of sp³-hybridized carbons (Fsp3) is 0.424. The second-order valence-electron chi connectivity index (χ2n) is 12.9. The number of nitrogens with zero attached hydrogens (tertiary/aromatic N) is 1. The molecule has 2 aromatic rings. The van der Waals surface area contributed by atoms with Crippen molar-refractivity contribution in [3.8, 4) is 5.75 Å². The van der Waals surface area contributed by atoms with Crippen LogP contribution in [0.4, 0.5) is 0 Å². The van der Waals surface area contributed by atoms with Gasteiger partial charge >= 0.3 is 5.97 Å². The number of carbonyl (C=O) groups excluding carboxylic acids is 2. The van der Waals surface area contributed by atoms with Crippen molar-refractivity contribution in [1.29, 1.82) is 0 Å². The maximum Gasteiger partial charge on any atom is 0.305 e. The van der Waals surface area contributed by atoms with Gasteiger partial charge in [0.1, 0.15) is 12.4 Å². The molecule has 0 saturated heterocycles. The van der Waals surface area contributed by atoms with Crippen LogP contribution in [-0.4, -0.2) is 34.1 Å². The van der Waals surface area contributed by atoms with Crippen molar-refractivity contribution in [2.24, 2.45) is 10.8 Å². The Kier molecular flexibility index (Phi) is 7.86. The molecule has 1 heterocycles. The van der Waals surface area contributed by atoms with Gasteiger partial charge in [0.15, 0.2) is 11.6 Å². The van der Waals surface area contributed by atoms with Crippen LogP contribution in [0.3, 0.4) is 0 Å². The molecule has 0 saturated carbocycles. The molecule has 3 aliphatic rings. The Balaban J connectivity index is 1.60. The zero-order valence-electron chi connectivity index (χ0n) is 23.9. The van der Waals surface area contributed by atoms with Gasteiger partial charge in [-0.15, -0.1) is 0 Å². The lowest BCUT2D eigenvalue weighted by atomic mass is 9.63. The van der Waals surface area contributed by atoms with E-state index in [4.69, 9.17) is 27.9 Å². The van der Waals surface area contributed by atoms with E-state index in [1.165, 1.54) is 0 Å². The number of ether oxygens (including phenoxy) is 1. The fourth-order valence-electron chi connectivity index (χ4n) is 6.46. The number of carbonyl (C=O) groups is 3. The van der Waals surface area contributed by atoms with Gasteiger partial charge in [-0.25, -0.2) is 0 Å². The quantitative estimate of drug-likeness (QED) is 0.352. The van der Waals surface area contributed by atoms with Gasteiger partial charge in [0.25, 0.3) is 0 Å². The first-order valence-corrected chi connectivity index (χ1v) is 14.7. The molecular formula is C33H35Cl2NO5. The molecule has 5 rings (SSSR count). The SMILES string of the molecule is CC1(C)CC(=O)C2=C(C1)N(CCC(=O)O)C1=C(C(=O)CC(C)(C)C1)C2c1ccc(OCc2cccc(Cl)c2)c(Cl)c1. The molecule has 0 atom stereocenters. The number of Topliss-reactive ketones (excluding diaryl/α,β-unsaturated/α-hetero) is 2. The van der Waals surface area contributed by atoms with Crippen molar-refractivity contribution < 1.29 is 24.2 Å². The average molecular weight is 597 g/mol. The zero-order chi connectivity index (χ0) is 29.7.